The van der Waals surface area contributed by atoms with Crippen molar-refractivity contribution in [1.82, 2.24) is 19.9 Å². The molecule has 0 spiro atoms. The molecular weight excluding hydrogens is 230 g/mol. The van der Waals surface area contributed by atoms with Gasteiger partial charge in [0.25, 0.3) is 0 Å². The Morgan fingerprint density at radius 3 is 2.67 bits per heavy atom. The van der Waals surface area contributed by atoms with Crippen LogP contribution in [0.15, 0.2) is 18.6 Å². The van der Waals surface area contributed by atoms with Crippen molar-refractivity contribution in [2.45, 2.75) is 20.4 Å². The fourth-order valence-electron chi connectivity index (χ4n) is 1.55. The summed E-state index contributed by atoms with van der Waals surface area (Å²) in [4.78, 5) is 16.5. The van der Waals surface area contributed by atoms with Gasteiger partial charge in [-0.25, -0.2) is 25.8 Å². The molecule has 2 heterocycles. The molecule has 0 radical (unpaired) electrons. The standard InChI is InChI=1S/C11H15N7/c1-7-10(15-6-16-11(7)18-12)14-5-9-3-4-13-8(2)17-9/h3-4,6H,5,12H2,1-2H3,(H2,14,15,16,18). The lowest BCUT2D eigenvalue weighted by molar-refractivity contribution is 0.944. The molecule has 0 saturated heterocycles. The molecule has 0 fully saturated rings. The first-order valence-electron chi connectivity index (χ1n) is 5.51. The van der Waals surface area contributed by atoms with Crippen LogP contribution in [-0.4, -0.2) is 19.9 Å². The summed E-state index contributed by atoms with van der Waals surface area (Å²) >= 11 is 0. The molecule has 7 heteroatoms. The molecule has 0 aliphatic heterocycles. The highest BCUT2D eigenvalue weighted by molar-refractivity contribution is 5.55. The molecular formula is C11H15N7. The van der Waals surface area contributed by atoms with Gasteiger partial charge in [-0.2, -0.15) is 0 Å². The predicted molar refractivity (Wildman–Crippen MR) is 68.7 cm³/mol. The number of nitrogens with zero attached hydrogens (tertiary/aromatic N) is 4. The molecule has 94 valence electrons. The summed E-state index contributed by atoms with van der Waals surface area (Å²) in [6.45, 7) is 4.32. The van der Waals surface area contributed by atoms with E-state index < -0.39 is 0 Å². The maximum atomic E-state index is 5.36. The Kier molecular flexibility index (Phi) is 3.63. The zero-order valence-corrected chi connectivity index (χ0v) is 10.3. The normalized spacial score (nSPS) is 10.2. The summed E-state index contributed by atoms with van der Waals surface area (Å²) in [5.41, 5.74) is 4.30. The minimum atomic E-state index is 0.575. The maximum absolute atomic E-state index is 5.36. The van der Waals surface area contributed by atoms with E-state index in [-0.39, 0.29) is 0 Å². The largest absolute Gasteiger partial charge is 0.364 e. The van der Waals surface area contributed by atoms with Crippen molar-refractivity contribution in [2.24, 2.45) is 5.84 Å². The topological polar surface area (TPSA) is 102 Å². The lowest BCUT2D eigenvalue weighted by Gasteiger charge is -2.10. The van der Waals surface area contributed by atoms with E-state index in [0.29, 0.717) is 12.4 Å². The second-order valence-electron chi connectivity index (χ2n) is 3.79. The lowest BCUT2D eigenvalue weighted by atomic mass is 10.3. The van der Waals surface area contributed by atoms with Gasteiger partial charge in [0.1, 0.15) is 23.8 Å². The Hall–Kier alpha value is -2.28. The highest BCUT2D eigenvalue weighted by atomic mass is 15.3. The molecule has 0 aliphatic carbocycles. The highest BCUT2D eigenvalue weighted by Crippen LogP contribution is 2.17. The number of aromatic nitrogens is 4. The number of anilines is 2. The van der Waals surface area contributed by atoms with E-state index in [2.05, 4.69) is 30.7 Å². The number of nitrogens with two attached hydrogens (primary N) is 1. The SMILES string of the molecule is Cc1nccc(CNc2ncnc(NN)c2C)n1. The van der Waals surface area contributed by atoms with Crippen LogP contribution in [-0.2, 0) is 6.54 Å². The van der Waals surface area contributed by atoms with Crippen LogP contribution < -0.4 is 16.6 Å². The van der Waals surface area contributed by atoms with Crippen molar-refractivity contribution in [3.8, 4) is 0 Å². The Bertz CT molecular complexity index is 541. The number of nitrogen functional groups attached to an aromatic ring is 1. The zero-order chi connectivity index (χ0) is 13.0. The molecule has 0 aromatic carbocycles. The molecule has 0 atom stereocenters. The Morgan fingerprint density at radius 2 is 1.94 bits per heavy atom. The van der Waals surface area contributed by atoms with Crippen molar-refractivity contribution in [1.29, 1.82) is 0 Å². The van der Waals surface area contributed by atoms with Crippen molar-refractivity contribution >= 4 is 11.6 Å². The molecule has 2 aromatic heterocycles. The van der Waals surface area contributed by atoms with Crippen LogP contribution in [0.4, 0.5) is 11.6 Å². The third kappa shape index (κ3) is 2.69. The Morgan fingerprint density at radius 1 is 1.17 bits per heavy atom. The van der Waals surface area contributed by atoms with E-state index in [1.165, 1.54) is 6.33 Å². The molecule has 0 unspecified atom stereocenters. The van der Waals surface area contributed by atoms with Crippen LogP contribution in [0, 0.1) is 13.8 Å². The van der Waals surface area contributed by atoms with Gasteiger partial charge in [-0.05, 0) is 19.9 Å². The van der Waals surface area contributed by atoms with E-state index in [1.807, 2.05) is 19.9 Å². The lowest BCUT2D eigenvalue weighted by Crippen LogP contribution is -2.13. The number of hydrazine groups is 1. The quantitative estimate of drug-likeness (QED) is 0.540. The summed E-state index contributed by atoms with van der Waals surface area (Å²) in [5, 5.41) is 3.19. The fourth-order valence-corrected chi connectivity index (χ4v) is 1.55. The number of hydrogen-bond donors (Lipinski definition) is 3. The molecule has 2 aromatic rings. The van der Waals surface area contributed by atoms with Gasteiger partial charge < -0.3 is 10.7 Å². The number of aryl methyl sites for hydroxylation is 1. The van der Waals surface area contributed by atoms with E-state index >= 15 is 0 Å². The van der Waals surface area contributed by atoms with Crippen LogP contribution in [0.25, 0.3) is 0 Å². The van der Waals surface area contributed by atoms with E-state index in [1.54, 1.807) is 6.20 Å². The maximum Gasteiger partial charge on any atom is 0.148 e. The summed E-state index contributed by atoms with van der Waals surface area (Å²) in [6, 6.07) is 1.86. The fraction of sp³-hybridized carbons (Fsp3) is 0.273. The highest BCUT2D eigenvalue weighted by Gasteiger charge is 2.05. The van der Waals surface area contributed by atoms with Gasteiger partial charge in [0.05, 0.1) is 12.2 Å². The van der Waals surface area contributed by atoms with Crippen molar-refractivity contribution < 1.29 is 0 Å². The molecule has 0 saturated carbocycles. The van der Waals surface area contributed by atoms with Crippen molar-refractivity contribution in [2.75, 3.05) is 10.7 Å². The number of rotatable bonds is 4. The van der Waals surface area contributed by atoms with E-state index in [0.717, 1.165) is 22.9 Å². The molecule has 2 rings (SSSR count). The number of hydrogen-bond acceptors (Lipinski definition) is 7. The van der Waals surface area contributed by atoms with E-state index in [9.17, 15) is 0 Å². The first-order chi connectivity index (χ1) is 8.70. The monoisotopic (exact) mass is 245 g/mol. The second-order valence-corrected chi connectivity index (χ2v) is 3.79. The summed E-state index contributed by atoms with van der Waals surface area (Å²) < 4.78 is 0. The molecule has 7 nitrogen and oxygen atoms in total. The molecule has 0 amide bonds. The minimum Gasteiger partial charge on any atom is -0.364 e. The summed E-state index contributed by atoms with van der Waals surface area (Å²) in [7, 11) is 0. The van der Waals surface area contributed by atoms with Crippen LogP contribution in [0.1, 0.15) is 17.1 Å². The van der Waals surface area contributed by atoms with Gasteiger partial charge in [-0.3, -0.25) is 0 Å². The number of nitrogens with one attached hydrogen (secondary N) is 2. The van der Waals surface area contributed by atoms with Crippen LogP contribution in [0.3, 0.4) is 0 Å². The van der Waals surface area contributed by atoms with Gasteiger partial charge in [-0.1, -0.05) is 0 Å². The third-order valence-corrected chi connectivity index (χ3v) is 2.49. The van der Waals surface area contributed by atoms with Crippen LogP contribution in [0.2, 0.25) is 0 Å². The van der Waals surface area contributed by atoms with Gasteiger partial charge in [0.15, 0.2) is 0 Å². The van der Waals surface area contributed by atoms with Crippen molar-refractivity contribution in [3.05, 3.63) is 35.7 Å². The van der Waals surface area contributed by atoms with Gasteiger partial charge in [0.2, 0.25) is 0 Å². The van der Waals surface area contributed by atoms with Gasteiger partial charge in [-0.15, -0.1) is 0 Å². The van der Waals surface area contributed by atoms with Crippen LogP contribution >= 0.6 is 0 Å². The first kappa shape index (κ1) is 12.2. The van der Waals surface area contributed by atoms with Crippen molar-refractivity contribution in [3.63, 3.8) is 0 Å². The average Bonchev–Trinajstić information content (AvgIpc) is 2.38. The summed E-state index contributed by atoms with van der Waals surface area (Å²) in [5.74, 6) is 7.44. The Labute approximate surface area is 105 Å². The predicted octanol–water partition coefficient (Wildman–Crippen LogP) is 0.781. The molecule has 0 bridgehead atoms. The van der Waals surface area contributed by atoms with Gasteiger partial charge >= 0.3 is 0 Å². The Balaban J connectivity index is 2.11. The average molecular weight is 245 g/mol. The third-order valence-electron chi connectivity index (χ3n) is 2.49. The van der Waals surface area contributed by atoms with Gasteiger partial charge in [0, 0.05) is 11.8 Å². The molecule has 4 N–H and O–H groups in total. The molecule has 0 aliphatic rings. The first-order valence-corrected chi connectivity index (χ1v) is 5.51. The summed E-state index contributed by atoms with van der Waals surface area (Å²) in [6.07, 6.45) is 3.19. The minimum absolute atomic E-state index is 0.575. The van der Waals surface area contributed by atoms with E-state index in [4.69, 9.17) is 5.84 Å². The smallest absolute Gasteiger partial charge is 0.148 e. The molecule has 18 heavy (non-hydrogen) atoms. The van der Waals surface area contributed by atoms with Crippen LogP contribution in [0.5, 0.6) is 0 Å². The second kappa shape index (κ2) is 5.37. The zero-order valence-electron chi connectivity index (χ0n) is 10.3.